The third-order valence-electron chi connectivity index (χ3n) is 2.09. The van der Waals surface area contributed by atoms with E-state index < -0.39 is 12.7 Å². The highest BCUT2D eigenvalue weighted by Gasteiger charge is 2.31. The van der Waals surface area contributed by atoms with Crippen LogP contribution in [0, 0.1) is 13.8 Å². The van der Waals surface area contributed by atoms with Crippen LogP contribution in [-0.2, 0) is 0 Å². The van der Waals surface area contributed by atoms with Crippen molar-refractivity contribution in [2.24, 2.45) is 0 Å². The second-order valence-corrected chi connectivity index (χ2v) is 3.89. The normalized spacial score (nSPS) is 11.6. The summed E-state index contributed by atoms with van der Waals surface area (Å²) in [6, 6.07) is 0. The molecule has 0 unspecified atom stereocenters. The zero-order valence-corrected chi connectivity index (χ0v) is 10.2. The fourth-order valence-electron chi connectivity index (χ4n) is 1.15. The zero-order chi connectivity index (χ0) is 13.1. The summed E-state index contributed by atoms with van der Waals surface area (Å²) in [6.45, 7) is 2.24. The first-order chi connectivity index (χ1) is 7.83. The van der Waals surface area contributed by atoms with Crippen molar-refractivity contribution in [2.45, 2.75) is 20.0 Å². The molecule has 0 radical (unpaired) electrons. The van der Waals surface area contributed by atoms with E-state index in [-0.39, 0.29) is 18.4 Å². The third kappa shape index (κ3) is 4.33. The molecule has 8 heteroatoms. The predicted molar refractivity (Wildman–Crippen MR) is 58.3 cm³/mol. The van der Waals surface area contributed by atoms with Crippen molar-refractivity contribution < 1.29 is 13.2 Å². The Kier molecular flexibility index (Phi) is 4.50. The summed E-state index contributed by atoms with van der Waals surface area (Å²) in [5.41, 5.74) is 1.14. The van der Waals surface area contributed by atoms with E-state index in [9.17, 15) is 13.2 Å². The van der Waals surface area contributed by atoms with Crippen LogP contribution in [0.2, 0.25) is 0 Å². The predicted octanol–water partition coefficient (Wildman–Crippen LogP) is 2.10. The van der Waals surface area contributed by atoms with Gasteiger partial charge in [0.1, 0.15) is 6.54 Å². The van der Waals surface area contributed by atoms with E-state index in [1.807, 2.05) is 0 Å². The van der Waals surface area contributed by atoms with Gasteiger partial charge in [0.2, 0.25) is 5.95 Å². The summed E-state index contributed by atoms with van der Waals surface area (Å²) < 4.78 is 37.0. The van der Waals surface area contributed by atoms with Gasteiger partial charge >= 0.3 is 6.18 Å². The molecule has 1 heterocycles. The van der Waals surface area contributed by atoms with E-state index in [0.717, 1.165) is 4.90 Å². The molecule has 0 aliphatic carbocycles. The van der Waals surface area contributed by atoms with Crippen LogP contribution in [0.1, 0.15) is 11.4 Å². The number of anilines is 1. The Bertz CT molecular complexity index is 383. The molecule has 0 aromatic carbocycles. The van der Waals surface area contributed by atoms with Gasteiger partial charge in [-0.25, -0.2) is 4.98 Å². The van der Waals surface area contributed by atoms with Crippen LogP contribution < -0.4 is 4.90 Å². The molecular formula is C9H12ClF3N4. The molecule has 0 N–H and O–H groups in total. The lowest BCUT2D eigenvalue weighted by Crippen LogP contribution is -2.37. The van der Waals surface area contributed by atoms with E-state index in [1.54, 1.807) is 13.8 Å². The van der Waals surface area contributed by atoms with Gasteiger partial charge in [-0.15, -0.1) is 16.7 Å². The average Bonchev–Trinajstić information content (AvgIpc) is 2.19. The standard InChI is InChI=1S/C9H12ClF3N4/c1-6-7(2)15-16-8(14-6)17(4-3-10)5-9(11,12)13/h3-5H2,1-2H3. The summed E-state index contributed by atoms with van der Waals surface area (Å²) >= 11 is 5.46. The van der Waals surface area contributed by atoms with Crippen LogP contribution in [0.15, 0.2) is 0 Å². The van der Waals surface area contributed by atoms with Crippen LogP contribution in [-0.4, -0.2) is 40.3 Å². The first-order valence-electron chi connectivity index (χ1n) is 4.89. The van der Waals surface area contributed by atoms with Gasteiger partial charge in [0.25, 0.3) is 0 Å². The summed E-state index contributed by atoms with van der Waals surface area (Å²) in [5.74, 6) is 0.0119. The number of nitrogens with zero attached hydrogens (tertiary/aromatic N) is 4. The van der Waals surface area contributed by atoms with Crippen LogP contribution in [0.4, 0.5) is 19.1 Å². The van der Waals surface area contributed by atoms with Crippen molar-refractivity contribution in [1.82, 2.24) is 15.2 Å². The highest BCUT2D eigenvalue weighted by atomic mass is 35.5. The van der Waals surface area contributed by atoms with E-state index in [0.29, 0.717) is 11.4 Å². The Morgan fingerprint density at radius 1 is 1.18 bits per heavy atom. The maximum absolute atomic E-state index is 12.3. The Labute approximate surface area is 102 Å². The largest absolute Gasteiger partial charge is 0.406 e. The van der Waals surface area contributed by atoms with Gasteiger partial charge < -0.3 is 4.90 Å². The summed E-state index contributed by atoms with van der Waals surface area (Å²) in [6.07, 6.45) is -4.33. The molecular weight excluding hydrogens is 257 g/mol. The molecule has 1 aromatic rings. The quantitative estimate of drug-likeness (QED) is 0.784. The Hall–Kier alpha value is -1.11. The topological polar surface area (TPSA) is 41.9 Å². The molecule has 0 saturated carbocycles. The fourth-order valence-corrected chi connectivity index (χ4v) is 1.35. The zero-order valence-electron chi connectivity index (χ0n) is 9.42. The Balaban J connectivity index is 2.93. The van der Waals surface area contributed by atoms with Gasteiger partial charge in [0, 0.05) is 12.4 Å². The fraction of sp³-hybridized carbons (Fsp3) is 0.667. The molecule has 96 valence electrons. The monoisotopic (exact) mass is 268 g/mol. The van der Waals surface area contributed by atoms with Gasteiger partial charge in [-0.2, -0.15) is 18.3 Å². The second kappa shape index (κ2) is 5.48. The van der Waals surface area contributed by atoms with Gasteiger partial charge in [-0.3, -0.25) is 0 Å². The highest BCUT2D eigenvalue weighted by molar-refractivity contribution is 6.18. The van der Waals surface area contributed by atoms with Crippen LogP contribution in [0.5, 0.6) is 0 Å². The van der Waals surface area contributed by atoms with Gasteiger partial charge in [-0.05, 0) is 13.8 Å². The first kappa shape index (κ1) is 14.0. The molecule has 0 aliphatic rings. The number of halogens is 4. The molecule has 0 aliphatic heterocycles. The van der Waals surface area contributed by atoms with Crippen molar-refractivity contribution in [2.75, 3.05) is 23.9 Å². The summed E-state index contributed by atoms with van der Waals surface area (Å²) in [7, 11) is 0. The number of hydrogen-bond acceptors (Lipinski definition) is 4. The molecule has 4 nitrogen and oxygen atoms in total. The SMILES string of the molecule is Cc1nnc(N(CCCl)CC(F)(F)F)nc1C. The molecule has 1 aromatic heterocycles. The highest BCUT2D eigenvalue weighted by Crippen LogP contribution is 2.19. The van der Waals surface area contributed by atoms with E-state index >= 15 is 0 Å². The minimum Gasteiger partial charge on any atom is -0.329 e. The second-order valence-electron chi connectivity index (χ2n) is 3.51. The molecule has 0 fully saturated rings. The Morgan fingerprint density at radius 3 is 2.29 bits per heavy atom. The van der Waals surface area contributed by atoms with Crippen molar-refractivity contribution in [3.05, 3.63) is 11.4 Å². The Morgan fingerprint density at radius 2 is 1.82 bits per heavy atom. The molecule has 0 spiro atoms. The van der Waals surface area contributed by atoms with Gasteiger partial charge in [0.15, 0.2) is 0 Å². The van der Waals surface area contributed by atoms with E-state index in [2.05, 4.69) is 15.2 Å². The van der Waals surface area contributed by atoms with E-state index in [1.165, 1.54) is 0 Å². The first-order valence-corrected chi connectivity index (χ1v) is 5.42. The number of aromatic nitrogens is 3. The maximum atomic E-state index is 12.3. The van der Waals surface area contributed by atoms with Crippen molar-refractivity contribution in [3.63, 3.8) is 0 Å². The molecule has 1 rings (SSSR count). The molecule has 0 atom stereocenters. The van der Waals surface area contributed by atoms with Crippen molar-refractivity contribution >= 4 is 17.5 Å². The third-order valence-corrected chi connectivity index (χ3v) is 2.26. The van der Waals surface area contributed by atoms with Crippen LogP contribution in [0.3, 0.4) is 0 Å². The lowest BCUT2D eigenvalue weighted by atomic mass is 10.4. The van der Waals surface area contributed by atoms with Crippen molar-refractivity contribution in [1.29, 1.82) is 0 Å². The van der Waals surface area contributed by atoms with E-state index in [4.69, 9.17) is 11.6 Å². The number of rotatable bonds is 4. The number of alkyl halides is 4. The minimum absolute atomic E-state index is 0.0191. The summed E-state index contributed by atoms with van der Waals surface area (Å²) in [5, 5.41) is 7.40. The lowest BCUT2D eigenvalue weighted by molar-refractivity contribution is -0.119. The van der Waals surface area contributed by atoms with Gasteiger partial charge in [-0.1, -0.05) is 0 Å². The minimum atomic E-state index is -4.33. The smallest absolute Gasteiger partial charge is 0.329 e. The van der Waals surface area contributed by atoms with Crippen molar-refractivity contribution in [3.8, 4) is 0 Å². The molecule has 0 saturated heterocycles. The number of hydrogen-bond donors (Lipinski definition) is 0. The molecule has 17 heavy (non-hydrogen) atoms. The van der Waals surface area contributed by atoms with Crippen LogP contribution in [0.25, 0.3) is 0 Å². The summed E-state index contributed by atoms with van der Waals surface area (Å²) in [4.78, 5) is 4.93. The number of aryl methyl sites for hydroxylation is 2. The van der Waals surface area contributed by atoms with Crippen LogP contribution >= 0.6 is 11.6 Å². The molecule has 0 amide bonds. The maximum Gasteiger partial charge on any atom is 0.406 e. The lowest BCUT2D eigenvalue weighted by Gasteiger charge is -2.22. The average molecular weight is 269 g/mol. The van der Waals surface area contributed by atoms with Gasteiger partial charge in [0.05, 0.1) is 11.4 Å². The molecule has 0 bridgehead atoms.